The molecule has 1 unspecified atom stereocenters. The molecular weight excluding hydrogens is 176 g/mol. The molecule has 0 bridgehead atoms. The van der Waals surface area contributed by atoms with Crippen molar-refractivity contribution in [2.75, 3.05) is 6.61 Å². The topological polar surface area (TPSA) is 59.2 Å². The Morgan fingerprint density at radius 3 is 2.83 bits per heavy atom. The molecular formula is C7H12N2O2S. The molecule has 0 amide bonds. The molecule has 0 aliphatic heterocycles. The minimum Gasteiger partial charge on any atom is -0.425 e. The van der Waals surface area contributed by atoms with E-state index in [0.29, 0.717) is 17.5 Å². The van der Waals surface area contributed by atoms with E-state index < -0.39 is 0 Å². The quantitative estimate of drug-likeness (QED) is 0.763. The predicted molar refractivity (Wildman–Crippen MR) is 46.9 cm³/mol. The largest absolute Gasteiger partial charge is 0.425 e. The lowest BCUT2D eigenvalue weighted by Gasteiger charge is -2.03. The van der Waals surface area contributed by atoms with E-state index in [1.807, 2.05) is 6.92 Å². The van der Waals surface area contributed by atoms with Crippen molar-refractivity contribution >= 4 is 11.8 Å². The van der Waals surface area contributed by atoms with Crippen LogP contribution >= 0.6 is 11.8 Å². The summed E-state index contributed by atoms with van der Waals surface area (Å²) >= 11 is 1.60. The van der Waals surface area contributed by atoms with Gasteiger partial charge in [-0.2, -0.15) is 0 Å². The molecule has 0 aliphatic carbocycles. The molecule has 1 rings (SSSR count). The van der Waals surface area contributed by atoms with Crippen LogP contribution in [0.25, 0.3) is 0 Å². The van der Waals surface area contributed by atoms with Crippen molar-refractivity contribution in [3.05, 3.63) is 11.8 Å². The molecule has 1 N–H and O–H groups in total. The molecule has 0 saturated heterocycles. The van der Waals surface area contributed by atoms with Gasteiger partial charge in [-0.05, 0) is 0 Å². The van der Waals surface area contributed by atoms with Gasteiger partial charge in [-0.15, -0.1) is 22.0 Å². The summed E-state index contributed by atoms with van der Waals surface area (Å²) in [6.07, 6.45) is 0. The summed E-state index contributed by atoms with van der Waals surface area (Å²) in [7, 11) is 0. The monoisotopic (exact) mass is 188 g/mol. The Labute approximate surface area is 75.4 Å². The maximum atomic E-state index is 8.73. The van der Waals surface area contributed by atoms with Crippen LogP contribution in [0.3, 0.4) is 0 Å². The van der Waals surface area contributed by atoms with E-state index in [1.54, 1.807) is 18.7 Å². The second-order valence-corrected chi connectivity index (χ2v) is 3.95. The molecule has 1 atom stereocenters. The van der Waals surface area contributed by atoms with Crippen LogP contribution in [0.1, 0.15) is 18.7 Å². The zero-order valence-electron chi connectivity index (χ0n) is 7.15. The van der Waals surface area contributed by atoms with E-state index in [1.165, 1.54) is 0 Å². The summed E-state index contributed by atoms with van der Waals surface area (Å²) in [5, 5.41) is 16.5. The maximum absolute atomic E-state index is 8.73. The molecule has 0 radical (unpaired) electrons. The Balaban J connectivity index is 2.33. The molecule has 1 aromatic heterocycles. The molecule has 0 saturated carbocycles. The Morgan fingerprint density at radius 2 is 2.33 bits per heavy atom. The molecule has 5 heteroatoms. The fourth-order valence-electron chi connectivity index (χ4n) is 0.662. The highest BCUT2D eigenvalue weighted by Crippen LogP contribution is 2.15. The molecule has 4 nitrogen and oxygen atoms in total. The van der Waals surface area contributed by atoms with Gasteiger partial charge in [0.25, 0.3) is 0 Å². The van der Waals surface area contributed by atoms with Crippen LogP contribution in [0.2, 0.25) is 0 Å². The number of hydrogen-bond donors (Lipinski definition) is 1. The van der Waals surface area contributed by atoms with E-state index in [0.717, 1.165) is 0 Å². The summed E-state index contributed by atoms with van der Waals surface area (Å²) in [5.41, 5.74) is 0. The van der Waals surface area contributed by atoms with Crippen molar-refractivity contribution in [2.45, 2.75) is 24.9 Å². The molecule has 0 aliphatic rings. The van der Waals surface area contributed by atoms with Crippen molar-refractivity contribution in [3.63, 3.8) is 0 Å². The zero-order chi connectivity index (χ0) is 8.97. The van der Waals surface area contributed by atoms with Gasteiger partial charge in [0.1, 0.15) is 0 Å². The molecule has 0 aromatic carbocycles. The van der Waals surface area contributed by atoms with Crippen molar-refractivity contribution in [3.8, 4) is 0 Å². The van der Waals surface area contributed by atoms with E-state index in [-0.39, 0.29) is 11.9 Å². The number of thioether (sulfide) groups is 1. The maximum Gasteiger partial charge on any atom is 0.226 e. The first-order chi connectivity index (χ1) is 5.72. The zero-order valence-corrected chi connectivity index (χ0v) is 7.97. The first kappa shape index (κ1) is 9.54. The molecule has 1 heterocycles. The predicted octanol–water partition coefficient (Wildman–Crippen LogP) is 0.992. The number of aromatic nitrogens is 2. The second kappa shape index (κ2) is 4.47. The summed E-state index contributed by atoms with van der Waals surface area (Å²) in [5.74, 6) is 1.88. The SMILES string of the molecule is Cc1nnc(CSC(C)CO)o1. The molecule has 1 aromatic rings. The molecule has 0 fully saturated rings. The van der Waals surface area contributed by atoms with Gasteiger partial charge in [0.05, 0.1) is 12.4 Å². The fourth-order valence-corrected chi connectivity index (χ4v) is 1.31. The average Bonchev–Trinajstić information content (AvgIpc) is 2.47. The van der Waals surface area contributed by atoms with E-state index in [2.05, 4.69) is 10.2 Å². The Bertz CT molecular complexity index is 239. The lowest BCUT2D eigenvalue weighted by Crippen LogP contribution is -2.02. The minimum atomic E-state index is 0.178. The van der Waals surface area contributed by atoms with Gasteiger partial charge in [-0.1, -0.05) is 6.92 Å². The van der Waals surface area contributed by atoms with Crippen LogP contribution in [-0.2, 0) is 5.75 Å². The van der Waals surface area contributed by atoms with Gasteiger partial charge < -0.3 is 9.52 Å². The summed E-state index contributed by atoms with van der Waals surface area (Å²) in [6, 6.07) is 0. The molecule has 68 valence electrons. The molecule has 0 spiro atoms. The lowest BCUT2D eigenvalue weighted by molar-refractivity contribution is 0.300. The number of hydrogen-bond acceptors (Lipinski definition) is 5. The van der Waals surface area contributed by atoms with Gasteiger partial charge in [0, 0.05) is 12.2 Å². The third-order valence-electron chi connectivity index (χ3n) is 1.32. The summed E-state index contributed by atoms with van der Waals surface area (Å²) in [6.45, 7) is 3.89. The van der Waals surface area contributed by atoms with Gasteiger partial charge in [-0.3, -0.25) is 0 Å². The van der Waals surface area contributed by atoms with Gasteiger partial charge in [0.2, 0.25) is 11.8 Å². The average molecular weight is 188 g/mol. The van der Waals surface area contributed by atoms with Gasteiger partial charge in [0.15, 0.2) is 0 Å². The number of nitrogens with zero attached hydrogens (tertiary/aromatic N) is 2. The minimum absolute atomic E-state index is 0.178. The van der Waals surface area contributed by atoms with Crippen LogP contribution in [0, 0.1) is 6.92 Å². The Kier molecular flexibility index (Phi) is 3.55. The van der Waals surface area contributed by atoms with Crippen molar-refractivity contribution in [2.24, 2.45) is 0 Å². The van der Waals surface area contributed by atoms with Crippen LogP contribution in [0.4, 0.5) is 0 Å². The number of aryl methyl sites for hydroxylation is 1. The fraction of sp³-hybridized carbons (Fsp3) is 0.714. The standard InChI is InChI=1S/C7H12N2O2S/c1-5(3-10)12-4-7-9-8-6(2)11-7/h5,10H,3-4H2,1-2H3. The van der Waals surface area contributed by atoms with Gasteiger partial charge >= 0.3 is 0 Å². The highest BCUT2D eigenvalue weighted by molar-refractivity contribution is 7.99. The molecule has 12 heavy (non-hydrogen) atoms. The number of aliphatic hydroxyl groups excluding tert-OH is 1. The van der Waals surface area contributed by atoms with Gasteiger partial charge in [-0.25, -0.2) is 0 Å². The van der Waals surface area contributed by atoms with Crippen LogP contribution in [-0.4, -0.2) is 27.2 Å². The summed E-state index contributed by atoms with van der Waals surface area (Å²) in [4.78, 5) is 0. The highest BCUT2D eigenvalue weighted by Gasteiger charge is 2.05. The van der Waals surface area contributed by atoms with E-state index >= 15 is 0 Å². The number of aliphatic hydroxyl groups is 1. The van der Waals surface area contributed by atoms with Crippen molar-refractivity contribution in [1.29, 1.82) is 0 Å². The van der Waals surface area contributed by atoms with Crippen LogP contribution in [0.5, 0.6) is 0 Å². The first-order valence-corrected chi connectivity index (χ1v) is 4.78. The van der Waals surface area contributed by atoms with E-state index in [4.69, 9.17) is 9.52 Å². The lowest BCUT2D eigenvalue weighted by atomic mass is 10.5. The van der Waals surface area contributed by atoms with Crippen LogP contribution < -0.4 is 0 Å². The van der Waals surface area contributed by atoms with Crippen LogP contribution in [0.15, 0.2) is 4.42 Å². The Hall–Kier alpha value is -0.550. The first-order valence-electron chi connectivity index (χ1n) is 3.74. The highest BCUT2D eigenvalue weighted by atomic mass is 32.2. The number of rotatable bonds is 4. The Morgan fingerprint density at radius 1 is 1.58 bits per heavy atom. The van der Waals surface area contributed by atoms with Crippen molar-refractivity contribution < 1.29 is 9.52 Å². The second-order valence-electron chi connectivity index (χ2n) is 2.52. The van der Waals surface area contributed by atoms with E-state index in [9.17, 15) is 0 Å². The summed E-state index contributed by atoms with van der Waals surface area (Å²) < 4.78 is 5.15. The third kappa shape index (κ3) is 2.83. The smallest absolute Gasteiger partial charge is 0.226 e. The normalized spacial score (nSPS) is 13.2. The third-order valence-corrected chi connectivity index (χ3v) is 2.45. The van der Waals surface area contributed by atoms with Crippen molar-refractivity contribution in [1.82, 2.24) is 10.2 Å².